The summed E-state index contributed by atoms with van der Waals surface area (Å²) in [4.78, 5) is 0. The third kappa shape index (κ3) is 10.5. The molecular weight excluding hydrogens is 984 g/mol. The molecule has 0 spiro atoms. The van der Waals surface area contributed by atoms with Crippen molar-refractivity contribution < 1.29 is 140 Å². The Balaban J connectivity index is -0.000000886. The molecule has 0 unspecified atom stereocenters. The number of halogens is 26. The summed E-state index contributed by atoms with van der Waals surface area (Å²) in [5.74, 6) is -80.7. The largest absolute Gasteiger partial charge is 2.00 e. The van der Waals surface area contributed by atoms with E-state index in [0.717, 1.165) is 0 Å². The monoisotopic (exact) mass is 994 g/mol. The Hall–Kier alpha value is -0.429. The molecule has 0 amide bonds. The molecule has 0 atom stereocenters. The molecule has 6 nitrogen and oxygen atoms in total. The van der Waals surface area contributed by atoms with E-state index in [1.165, 1.54) is 0 Å². The van der Waals surface area contributed by atoms with Crippen molar-refractivity contribution >= 4 is 69.1 Å². The maximum atomic E-state index is 13.0. The van der Waals surface area contributed by atoms with E-state index >= 15 is 0 Å². The van der Waals surface area contributed by atoms with Gasteiger partial charge in [0.15, 0.2) is 0 Å². The molecule has 0 aliphatic heterocycles. The number of alkyl halides is 26. The number of hydrogen-bond donors (Lipinski definition) is 2. The molecule has 0 aromatic carbocycles. The minimum Gasteiger partial charge on any atom is -0.286 e. The third-order valence-corrected chi connectivity index (χ3v) is 6.78. The first kappa shape index (κ1) is 54.9. The molecule has 0 radical (unpaired) electrons. The molecule has 0 aliphatic rings. The van der Waals surface area contributed by atoms with E-state index in [4.69, 9.17) is 9.11 Å². The van der Waals surface area contributed by atoms with Gasteiger partial charge in [-0.2, -0.15) is 131 Å². The summed E-state index contributed by atoms with van der Waals surface area (Å²) in [6, 6.07) is 0. The predicted molar refractivity (Wildman–Crippen MR) is 109 cm³/mol. The summed E-state index contributed by atoms with van der Waals surface area (Å²) in [6.45, 7) is 0. The minimum atomic E-state index is -8.04. The zero-order valence-electron chi connectivity index (χ0n) is 22.7. The van der Waals surface area contributed by atoms with E-state index < -0.39 is 116 Å². The Kier molecular flexibility index (Phi) is 16.4. The SMILES string of the molecule is O=S(=O)(O)CCC(F)(F)C(F)(F)C(F)(F)C(F)(F)C(F)(F)C(F)(F)F.O=S(=O)(O)CCC(F)(F)C(F)(F)C(F)(F)C(F)(F)C(F)(F)C(F)(F)F.[Ba+2]. The summed E-state index contributed by atoms with van der Waals surface area (Å²) in [7, 11) is -11.0. The normalized spacial score (nSPS) is 15.9. The summed E-state index contributed by atoms with van der Waals surface area (Å²) in [6.07, 6.45) is -21.0. The molecule has 0 aromatic heterocycles. The molecule has 0 saturated heterocycles. The van der Waals surface area contributed by atoms with Crippen LogP contribution in [-0.4, -0.2) is 158 Å². The van der Waals surface area contributed by atoms with E-state index in [1.807, 2.05) is 0 Å². The van der Waals surface area contributed by atoms with Crippen LogP contribution in [0.25, 0.3) is 0 Å². The van der Waals surface area contributed by atoms with Crippen molar-refractivity contribution in [2.75, 3.05) is 11.5 Å². The van der Waals surface area contributed by atoms with Crippen LogP contribution in [0, 0.1) is 0 Å². The van der Waals surface area contributed by atoms with Gasteiger partial charge >= 0.3 is 120 Å². The van der Waals surface area contributed by atoms with E-state index in [9.17, 15) is 131 Å². The van der Waals surface area contributed by atoms with Crippen molar-refractivity contribution in [1.82, 2.24) is 0 Å². The first-order chi connectivity index (χ1) is 20.9. The minimum absolute atomic E-state index is 0. The van der Waals surface area contributed by atoms with Gasteiger partial charge in [-0.15, -0.1) is 0 Å². The molecule has 0 heterocycles. The second-order valence-electron chi connectivity index (χ2n) is 9.07. The molecule has 0 aliphatic carbocycles. The van der Waals surface area contributed by atoms with Crippen molar-refractivity contribution in [3.05, 3.63) is 0 Å². The first-order valence-corrected chi connectivity index (χ1v) is 13.9. The quantitative estimate of drug-likeness (QED) is 0.105. The molecule has 35 heteroatoms. The van der Waals surface area contributed by atoms with E-state index in [2.05, 4.69) is 0 Å². The smallest absolute Gasteiger partial charge is 0.286 e. The van der Waals surface area contributed by atoms with Crippen LogP contribution in [-0.2, 0) is 20.2 Å². The summed E-state index contributed by atoms with van der Waals surface area (Å²) in [5.41, 5.74) is 0. The second-order valence-corrected chi connectivity index (χ2v) is 12.2. The van der Waals surface area contributed by atoms with Crippen molar-refractivity contribution in [2.45, 2.75) is 84.4 Å². The van der Waals surface area contributed by atoms with Gasteiger partial charge in [-0.3, -0.25) is 9.11 Å². The zero-order chi connectivity index (χ0) is 41.8. The van der Waals surface area contributed by atoms with Crippen LogP contribution in [0.1, 0.15) is 12.8 Å². The zero-order valence-corrected chi connectivity index (χ0v) is 28.8. The predicted octanol–water partition coefficient (Wildman–Crippen LogP) is 7.63. The van der Waals surface area contributed by atoms with Gasteiger partial charge in [-0.1, -0.05) is 0 Å². The molecule has 0 aromatic rings. The maximum Gasteiger partial charge on any atom is 2.00 e. The van der Waals surface area contributed by atoms with Gasteiger partial charge in [0.2, 0.25) is 0 Å². The van der Waals surface area contributed by atoms with Crippen molar-refractivity contribution in [1.29, 1.82) is 0 Å². The Morgan fingerprint density at radius 2 is 0.471 bits per heavy atom. The molecule has 0 rings (SSSR count). The Morgan fingerprint density at radius 3 is 0.608 bits per heavy atom. The fourth-order valence-electron chi connectivity index (χ4n) is 2.43. The van der Waals surface area contributed by atoms with Gasteiger partial charge in [0.1, 0.15) is 0 Å². The molecule has 0 bridgehead atoms. The number of hydrogen-bond acceptors (Lipinski definition) is 4. The van der Waals surface area contributed by atoms with Gasteiger partial charge in [-0.25, -0.2) is 0 Å². The van der Waals surface area contributed by atoms with Crippen LogP contribution in [0.3, 0.4) is 0 Å². The fourth-order valence-corrected chi connectivity index (χ4v) is 3.46. The van der Waals surface area contributed by atoms with Gasteiger partial charge < -0.3 is 0 Å². The van der Waals surface area contributed by atoms with Crippen LogP contribution in [0.15, 0.2) is 0 Å². The number of rotatable bonds is 14. The van der Waals surface area contributed by atoms with Crippen molar-refractivity contribution in [3.8, 4) is 0 Å². The second kappa shape index (κ2) is 15.2. The van der Waals surface area contributed by atoms with Gasteiger partial charge in [-0.05, 0) is 0 Å². The molecule has 2 N–H and O–H groups in total. The molecule has 0 saturated carbocycles. The van der Waals surface area contributed by atoms with Crippen LogP contribution in [0.2, 0.25) is 0 Å². The average molecular weight is 994 g/mol. The van der Waals surface area contributed by atoms with Crippen molar-refractivity contribution in [3.63, 3.8) is 0 Å². The van der Waals surface area contributed by atoms with Crippen LogP contribution in [0.4, 0.5) is 114 Å². The summed E-state index contributed by atoms with van der Waals surface area (Å²) < 4.78 is 384. The van der Waals surface area contributed by atoms with E-state index in [0.29, 0.717) is 0 Å². The Morgan fingerprint density at radius 1 is 0.314 bits per heavy atom. The van der Waals surface area contributed by atoms with Crippen LogP contribution in [0.5, 0.6) is 0 Å². The topological polar surface area (TPSA) is 109 Å². The molecular formula is C16H10BaF26O6S2+2. The van der Waals surface area contributed by atoms with Crippen LogP contribution >= 0.6 is 0 Å². The fraction of sp³-hybridized carbons (Fsp3) is 1.00. The van der Waals surface area contributed by atoms with Crippen molar-refractivity contribution in [2.24, 2.45) is 0 Å². The maximum absolute atomic E-state index is 13.0. The van der Waals surface area contributed by atoms with E-state index in [1.54, 1.807) is 0 Å². The van der Waals surface area contributed by atoms with Crippen LogP contribution < -0.4 is 0 Å². The van der Waals surface area contributed by atoms with Gasteiger partial charge in [0.05, 0.1) is 11.5 Å². The average Bonchev–Trinajstić information content (AvgIpc) is 2.83. The Labute approximate surface area is 303 Å². The van der Waals surface area contributed by atoms with Gasteiger partial charge in [0.25, 0.3) is 20.2 Å². The van der Waals surface area contributed by atoms with E-state index in [-0.39, 0.29) is 48.9 Å². The third-order valence-electron chi connectivity index (χ3n) is 5.34. The summed E-state index contributed by atoms with van der Waals surface area (Å²) in [5, 5.41) is 0. The van der Waals surface area contributed by atoms with Gasteiger partial charge in [0, 0.05) is 12.8 Å². The molecule has 304 valence electrons. The molecule has 0 fully saturated rings. The Bertz CT molecular complexity index is 1290. The molecule has 51 heavy (non-hydrogen) atoms. The standard InChI is InChI=1S/2C8H5F13O3S.Ba/c2*9-3(10,1-2-25(22,23)24)4(11,12)5(13,14)6(15,16)7(17,18)8(19,20)21;/h2*1-2H2,(H,22,23,24);/q;;+2. The summed E-state index contributed by atoms with van der Waals surface area (Å²) >= 11 is 0. The first-order valence-electron chi connectivity index (χ1n) is 10.7.